The van der Waals surface area contributed by atoms with E-state index in [4.69, 9.17) is 12.2 Å². The van der Waals surface area contributed by atoms with Crippen molar-refractivity contribution in [2.45, 2.75) is 24.2 Å². The zero-order valence-corrected chi connectivity index (χ0v) is 12.9. The van der Waals surface area contributed by atoms with Gasteiger partial charge in [0.25, 0.3) is 0 Å². The van der Waals surface area contributed by atoms with Crippen molar-refractivity contribution in [1.29, 1.82) is 0 Å². The third-order valence-corrected chi connectivity index (χ3v) is 3.76. The van der Waals surface area contributed by atoms with Crippen LogP contribution in [0, 0.1) is 6.92 Å². The average Bonchev–Trinajstić information content (AvgIpc) is 2.35. The molecular weight excluding hydrogens is 350 g/mol. The van der Waals surface area contributed by atoms with Crippen LogP contribution in [0.3, 0.4) is 0 Å². The second kappa shape index (κ2) is 7.40. The Morgan fingerprint density at radius 3 is 2.32 bits per heavy atom. The quantitative estimate of drug-likeness (QED) is 0.468. The highest BCUT2D eigenvalue weighted by molar-refractivity contribution is 7.99. The van der Waals surface area contributed by atoms with E-state index in [0.717, 1.165) is 0 Å². The molecule has 0 aromatic heterocycles. The van der Waals surface area contributed by atoms with Crippen LogP contribution in [-0.2, 0) is 0 Å². The predicted octanol–water partition coefficient (Wildman–Crippen LogP) is 4.50. The molecule has 1 aromatic carbocycles. The van der Waals surface area contributed by atoms with Crippen LogP contribution in [0.15, 0.2) is 23.1 Å². The maximum Gasteiger partial charge on any atom is 0.405 e. The molecule has 124 valence electrons. The number of alkyl halides is 6. The Hall–Kier alpha value is -1.16. The van der Waals surface area contributed by atoms with Crippen molar-refractivity contribution in [2.24, 2.45) is 0 Å². The van der Waals surface area contributed by atoms with E-state index in [1.54, 1.807) is 13.0 Å². The monoisotopic (exact) mass is 362 g/mol. The second-order valence-corrected chi connectivity index (χ2v) is 5.73. The first-order chi connectivity index (χ1) is 9.96. The summed E-state index contributed by atoms with van der Waals surface area (Å²) in [6.07, 6.45) is -8.71. The molecule has 0 heterocycles. The topological polar surface area (TPSA) is 24.1 Å². The number of thioether (sulfide) groups is 1. The zero-order valence-electron chi connectivity index (χ0n) is 11.2. The SMILES string of the molecule is Cc1ccc(NC(=S)NCC(F)(F)F)cc1SCC(F)(F)F. The second-order valence-electron chi connectivity index (χ2n) is 4.31. The maximum absolute atomic E-state index is 12.2. The van der Waals surface area contributed by atoms with Crippen molar-refractivity contribution in [3.05, 3.63) is 23.8 Å². The number of hydrogen-bond donors (Lipinski definition) is 2. The maximum atomic E-state index is 12.2. The summed E-state index contributed by atoms with van der Waals surface area (Å²) in [5.41, 5.74) is 0.948. The van der Waals surface area contributed by atoms with E-state index in [1.807, 2.05) is 5.32 Å². The third-order valence-electron chi connectivity index (χ3n) is 2.29. The van der Waals surface area contributed by atoms with Crippen LogP contribution in [0.1, 0.15) is 5.56 Å². The number of halogens is 6. The lowest BCUT2D eigenvalue weighted by Crippen LogP contribution is -2.36. The molecule has 0 unspecified atom stereocenters. The molecule has 0 fully saturated rings. The number of rotatable bonds is 4. The van der Waals surface area contributed by atoms with Crippen molar-refractivity contribution in [2.75, 3.05) is 17.6 Å². The summed E-state index contributed by atoms with van der Waals surface area (Å²) < 4.78 is 72.7. The van der Waals surface area contributed by atoms with Crippen molar-refractivity contribution in [3.63, 3.8) is 0 Å². The molecule has 2 nitrogen and oxygen atoms in total. The molecule has 1 aromatic rings. The molecule has 2 N–H and O–H groups in total. The number of benzene rings is 1. The normalized spacial score (nSPS) is 12.1. The summed E-state index contributed by atoms with van der Waals surface area (Å²) >= 11 is 5.30. The Morgan fingerprint density at radius 2 is 1.77 bits per heavy atom. The van der Waals surface area contributed by atoms with Gasteiger partial charge in [-0.05, 0) is 36.8 Å². The van der Waals surface area contributed by atoms with Gasteiger partial charge in [-0.3, -0.25) is 0 Å². The number of hydrogen-bond acceptors (Lipinski definition) is 2. The predicted molar refractivity (Wildman–Crippen MR) is 78.2 cm³/mol. The standard InChI is InChI=1S/C12H12F6N2S2/c1-7-2-3-8(4-9(7)22-6-12(16,17)18)20-10(21)19-5-11(13,14)15/h2-4H,5-6H2,1H3,(H2,19,20,21). The highest BCUT2D eigenvalue weighted by atomic mass is 32.2. The van der Waals surface area contributed by atoms with Crippen LogP contribution < -0.4 is 10.6 Å². The first kappa shape index (κ1) is 18.9. The van der Waals surface area contributed by atoms with E-state index in [2.05, 4.69) is 5.32 Å². The van der Waals surface area contributed by atoms with Crippen LogP contribution in [0.2, 0.25) is 0 Å². The van der Waals surface area contributed by atoms with Gasteiger partial charge in [-0.1, -0.05) is 6.07 Å². The Morgan fingerprint density at radius 1 is 1.14 bits per heavy atom. The molecule has 0 atom stereocenters. The van der Waals surface area contributed by atoms with E-state index < -0.39 is 24.7 Å². The van der Waals surface area contributed by atoms with Gasteiger partial charge in [0.1, 0.15) is 6.54 Å². The lowest BCUT2D eigenvalue weighted by molar-refractivity contribution is -0.121. The highest BCUT2D eigenvalue weighted by Gasteiger charge is 2.28. The van der Waals surface area contributed by atoms with Gasteiger partial charge in [0.05, 0.1) is 5.75 Å². The zero-order chi connectivity index (χ0) is 17.0. The summed E-state index contributed by atoms with van der Waals surface area (Å²) in [6, 6.07) is 4.50. The summed E-state index contributed by atoms with van der Waals surface area (Å²) in [5.74, 6) is -1.05. The van der Waals surface area contributed by atoms with Gasteiger partial charge < -0.3 is 10.6 Å². The minimum Gasteiger partial charge on any atom is -0.353 e. The molecule has 0 bridgehead atoms. The van der Waals surface area contributed by atoms with Crippen molar-refractivity contribution in [3.8, 4) is 0 Å². The van der Waals surface area contributed by atoms with E-state index >= 15 is 0 Å². The summed E-state index contributed by atoms with van der Waals surface area (Å²) in [5, 5.41) is 4.22. The van der Waals surface area contributed by atoms with E-state index in [9.17, 15) is 26.3 Å². The number of thiocarbonyl (C=S) groups is 1. The molecule has 1 rings (SSSR count). The third kappa shape index (κ3) is 7.74. The van der Waals surface area contributed by atoms with Crippen LogP contribution >= 0.6 is 24.0 Å². The van der Waals surface area contributed by atoms with Gasteiger partial charge >= 0.3 is 12.4 Å². The number of nitrogens with one attached hydrogen (secondary N) is 2. The van der Waals surface area contributed by atoms with Crippen LogP contribution in [0.4, 0.5) is 32.0 Å². The van der Waals surface area contributed by atoms with Crippen LogP contribution in [0.5, 0.6) is 0 Å². The number of aryl methyl sites for hydroxylation is 1. The fourth-order valence-corrected chi connectivity index (χ4v) is 2.36. The van der Waals surface area contributed by atoms with Crippen molar-refractivity contribution >= 4 is 34.8 Å². The molecule has 0 amide bonds. The molecule has 0 saturated heterocycles. The lowest BCUT2D eigenvalue weighted by Gasteiger charge is -2.14. The first-order valence-electron chi connectivity index (χ1n) is 5.88. The highest BCUT2D eigenvalue weighted by Crippen LogP contribution is 2.31. The van der Waals surface area contributed by atoms with Crippen molar-refractivity contribution in [1.82, 2.24) is 5.32 Å². The molecule has 0 saturated carbocycles. The fourth-order valence-electron chi connectivity index (χ4n) is 1.35. The van der Waals surface area contributed by atoms with E-state index in [1.165, 1.54) is 12.1 Å². The smallest absolute Gasteiger partial charge is 0.353 e. The minimum atomic E-state index is -4.41. The van der Waals surface area contributed by atoms with E-state index in [0.29, 0.717) is 27.9 Å². The van der Waals surface area contributed by atoms with Crippen molar-refractivity contribution < 1.29 is 26.3 Å². The van der Waals surface area contributed by atoms with Crippen LogP contribution in [0.25, 0.3) is 0 Å². The molecule has 0 aliphatic rings. The molecule has 0 aliphatic heterocycles. The summed E-state index contributed by atoms with van der Waals surface area (Å²) in [7, 11) is 0. The molecule has 10 heteroatoms. The summed E-state index contributed by atoms with van der Waals surface area (Å²) in [4.78, 5) is 0.376. The largest absolute Gasteiger partial charge is 0.405 e. The van der Waals surface area contributed by atoms with Crippen LogP contribution in [-0.4, -0.2) is 29.8 Å². The lowest BCUT2D eigenvalue weighted by atomic mass is 10.2. The fraction of sp³-hybridized carbons (Fsp3) is 0.417. The molecular formula is C12H12F6N2S2. The molecule has 0 aliphatic carbocycles. The Labute approximate surface area is 132 Å². The molecule has 0 spiro atoms. The molecule has 0 radical (unpaired) electrons. The average molecular weight is 362 g/mol. The van der Waals surface area contributed by atoms with Gasteiger partial charge in [-0.25, -0.2) is 0 Å². The van der Waals surface area contributed by atoms with E-state index in [-0.39, 0.29) is 5.11 Å². The Balaban J connectivity index is 2.66. The Bertz CT molecular complexity index is 527. The number of anilines is 1. The van der Waals surface area contributed by atoms with Gasteiger partial charge in [-0.2, -0.15) is 26.3 Å². The van der Waals surface area contributed by atoms with Gasteiger partial charge in [0, 0.05) is 10.6 Å². The van der Waals surface area contributed by atoms with Gasteiger partial charge in [-0.15, -0.1) is 11.8 Å². The van der Waals surface area contributed by atoms with Gasteiger partial charge in [0.15, 0.2) is 5.11 Å². The minimum absolute atomic E-state index is 0.257. The molecule has 22 heavy (non-hydrogen) atoms. The first-order valence-corrected chi connectivity index (χ1v) is 7.27. The summed E-state index contributed by atoms with van der Waals surface area (Å²) in [6.45, 7) is 0.350. The van der Waals surface area contributed by atoms with Gasteiger partial charge in [0.2, 0.25) is 0 Å². The Kier molecular flexibility index (Phi) is 6.36.